The third-order valence-electron chi connectivity index (χ3n) is 3.69. The van der Waals surface area contributed by atoms with Crippen LogP contribution < -0.4 is 11.1 Å². The monoisotopic (exact) mass is 254 g/mol. The number of rotatable bonds is 3. The Labute approximate surface area is 107 Å². The predicted molar refractivity (Wildman–Crippen MR) is 67.9 cm³/mol. The minimum absolute atomic E-state index is 0.0400. The molecule has 0 saturated carbocycles. The van der Waals surface area contributed by atoms with Crippen molar-refractivity contribution in [1.82, 2.24) is 15.1 Å². The van der Waals surface area contributed by atoms with Crippen molar-refractivity contribution in [2.75, 3.05) is 39.3 Å². The summed E-state index contributed by atoms with van der Waals surface area (Å²) in [5.74, 6) is -0.336. The average Bonchev–Trinajstić information content (AvgIpc) is 2.70. The van der Waals surface area contributed by atoms with E-state index in [1.165, 1.54) is 0 Å². The molecule has 6 heteroatoms. The Kier molecular flexibility index (Phi) is 4.54. The van der Waals surface area contributed by atoms with Crippen molar-refractivity contribution in [1.29, 1.82) is 0 Å². The molecule has 0 aromatic heterocycles. The number of nitrogens with zero attached hydrogens (tertiary/aromatic N) is 2. The van der Waals surface area contributed by atoms with Gasteiger partial charge in [-0.1, -0.05) is 0 Å². The molecule has 2 aliphatic rings. The number of amides is 2. The first kappa shape index (κ1) is 13.3. The second-order valence-electron chi connectivity index (χ2n) is 5.03. The van der Waals surface area contributed by atoms with Crippen LogP contribution in [-0.4, -0.2) is 66.9 Å². The molecule has 102 valence electrons. The number of carbonyl (C=O) groups is 2. The highest BCUT2D eigenvalue weighted by atomic mass is 16.2. The van der Waals surface area contributed by atoms with Gasteiger partial charge in [0.2, 0.25) is 11.8 Å². The van der Waals surface area contributed by atoms with Crippen molar-refractivity contribution in [3.05, 3.63) is 0 Å². The Morgan fingerprint density at radius 1 is 1.17 bits per heavy atom. The maximum Gasteiger partial charge on any atom is 0.240 e. The van der Waals surface area contributed by atoms with Gasteiger partial charge in [-0.25, -0.2) is 0 Å². The number of primary amides is 1. The van der Waals surface area contributed by atoms with E-state index < -0.39 is 0 Å². The lowest BCUT2D eigenvalue weighted by Crippen LogP contribution is -2.48. The van der Waals surface area contributed by atoms with Crippen LogP contribution in [0.1, 0.15) is 19.3 Å². The molecule has 0 aromatic carbocycles. The maximum absolute atomic E-state index is 12.2. The van der Waals surface area contributed by atoms with Crippen LogP contribution in [0.25, 0.3) is 0 Å². The Morgan fingerprint density at radius 3 is 2.78 bits per heavy atom. The van der Waals surface area contributed by atoms with Gasteiger partial charge in [-0.05, 0) is 32.4 Å². The topological polar surface area (TPSA) is 78.7 Å². The Bertz CT molecular complexity index is 313. The quantitative estimate of drug-likeness (QED) is 0.660. The third-order valence-corrected chi connectivity index (χ3v) is 3.69. The molecular formula is C12H22N4O2. The van der Waals surface area contributed by atoms with Crippen LogP contribution in [0.3, 0.4) is 0 Å². The molecule has 0 radical (unpaired) electrons. The normalized spacial score (nSPS) is 26.0. The molecule has 0 aromatic rings. The average molecular weight is 254 g/mol. The molecule has 0 spiro atoms. The van der Waals surface area contributed by atoms with E-state index in [1.807, 2.05) is 0 Å². The van der Waals surface area contributed by atoms with Gasteiger partial charge in [-0.15, -0.1) is 0 Å². The van der Waals surface area contributed by atoms with Crippen molar-refractivity contribution in [3.63, 3.8) is 0 Å². The van der Waals surface area contributed by atoms with Crippen molar-refractivity contribution < 1.29 is 9.59 Å². The summed E-state index contributed by atoms with van der Waals surface area (Å²) in [6.45, 7) is 4.84. The van der Waals surface area contributed by atoms with E-state index in [2.05, 4.69) is 10.2 Å². The van der Waals surface area contributed by atoms with E-state index in [9.17, 15) is 9.59 Å². The largest absolute Gasteiger partial charge is 0.368 e. The SMILES string of the molecule is NC(=O)C1CCCN1C(=O)CN1CCCNCC1. The number of carbonyl (C=O) groups excluding carboxylic acids is 2. The first-order valence-corrected chi connectivity index (χ1v) is 6.70. The van der Waals surface area contributed by atoms with Crippen molar-refractivity contribution in [2.45, 2.75) is 25.3 Å². The van der Waals surface area contributed by atoms with Gasteiger partial charge < -0.3 is 16.0 Å². The molecular weight excluding hydrogens is 232 g/mol. The van der Waals surface area contributed by atoms with Crippen molar-refractivity contribution in [3.8, 4) is 0 Å². The molecule has 2 saturated heterocycles. The number of likely N-dealkylation sites (tertiary alicyclic amines) is 1. The lowest BCUT2D eigenvalue weighted by molar-refractivity contribution is -0.138. The zero-order valence-electron chi connectivity index (χ0n) is 10.7. The summed E-state index contributed by atoms with van der Waals surface area (Å²) in [4.78, 5) is 27.3. The van der Waals surface area contributed by atoms with E-state index in [1.54, 1.807) is 4.90 Å². The predicted octanol–water partition coefficient (Wildman–Crippen LogP) is -1.24. The summed E-state index contributed by atoms with van der Waals surface area (Å²) in [5.41, 5.74) is 5.33. The van der Waals surface area contributed by atoms with Gasteiger partial charge in [0.05, 0.1) is 6.54 Å². The third kappa shape index (κ3) is 3.20. The molecule has 2 heterocycles. The van der Waals surface area contributed by atoms with E-state index >= 15 is 0 Å². The number of hydrogen-bond donors (Lipinski definition) is 2. The van der Waals surface area contributed by atoms with Crippen molar-refractivity contribution in [2.24, 2.45) is 5.73 Å². The molecule has 2 aliphatic heterocycles. The molecule has 2 amide bonds. The van der Waals surface area contributed by atoms with Crippen LogP contribution >= 0.6 is 0 Å². The summed E-state index contributed by atoms with van der Waals surface area (Å²) in [7, 11) is 0. The van der Waals surface area contributed by atoms with Gasteiger partial charge in [0.1, 0.15) is 6.04 Å². The molecule has 1 atom stereocenters. The lowest BCUT2D eigenvalue weighted by Gasteiger charge is -2.26. The van der Waals surface area contributed by atoms with Crippen LogP contribution in [0.15, 0.2) is 0 Å². The Morgan fingerprint density at radius 2 is 2.00 bits per heavy atom. The van der Waals surface area contributed by atoms with Gasteiger partial charge in [0.15, 0.2) is 0 Å². The highest BCUT2D eigenvalue weighted by Crippen LogP contribution is 2.17. The van der Waals surface area contributed by atoms with Crippen LogP contribution in [-0.2, 0) is 9.59 Å². The first-order chi connectivity index (χ1) is 8.68. The number of nitrogens with two attached hydrogens (primary N) is 1. The summed E-state index contributed by atoms with van der Waals surface area (Å²) >= 11 is 0. The Balaban J connectivity index is 1.88. The van der Waals surface area contributed by atoms with Gasteiger partial charge in [0.25, 0.3) is 0 Å². The van der Waals surface area contributed by atoms with E-state index in [4.69, 9.17) is 5.73 Å². The lowest BCUT2D eigenvalue weighted by atomic mass is 10.2. The minimum atomic E-state index is -0.386. The second kappa shape index (κ2) is 6.15. The molecule has 2 rings (SSSR count). The van der Waals surface area contributed by atoms with Crippen LogP contribution in [0.2, 0.25) is 0 Å². The zero-order chi connectivity index (χ0) is 13.0. The standard InChI is InChI=1S/C12H22N4O2/c13-12(18)10-3-1-7-16(10)11(17)9-15-6-2-4-14-5-8-15/h10,14H,1-9H2,(H2,13,18). The molecule has 6 nitrogen and oxygen atoms in total. The fourth-order valence-corrected chi connectivity index (χ4v) is 2.70. The fourth-order valence-electron chi connectivity index (χ4n) is 2.70. The molecule has 3 N–H and O–H groups in total. The highest BCUT2D eigenvalue weighted by molar-refractivity contribution is 5.88. The minimum Gasteiger partial charge on any atom is -0.368 e. The summed E-state index contributed by atoms with van der Waals surface area (Å²) in [6.07, 6.45) is 2.65. The molecule has 1 unspecified atom stereocenters. The smallest absolute Gasteiger partial charge is 0.240 e. The fraction of sp³-hybridized carbons (Fsp3) is 0.833. The van der Waals surface area contributed by atoms with Crippen LogP contribution in [0, 0.1) is 0 Å². The zero-order valence-corrected chi connectivity index (χ0v) is 10.7. The molecule has 0 bridgehead atoms. The Hall–Kier alpha value is -1.14. The van der Waals surface area contributed by atoms with Gasteiger partial charge >= 0.3 is 0 Å². The van der Waals surface area contributed by atoms with Gasteiger partial charge in [-0.3, -0.25) is 14.5 Å². The van der Waals surface area contributed by atoms with Gasteiger partial charge in [0, 0.05) is 19.6 Å². The summed E-state index contributed by atoms with van der Waals surface area (Å²) < 4.78 is 0. The molecule has 2 fully saturated rings. The van der Waals surface area contributed by atoms with E-state index in [0.717, 1.165) is 39.0 Å². The van der Waals surface area contributed by atoms with Crippen molar-refractivity contribution >= 4 is 11.8 Å². The number of hydrogen-bond acceptors (Lipinski definition) is 4. The van der Waals surface area contributed by atoms with Crippen LogP contribution in [0.4, 0.5) is 0 Å². The van der Waals surface area contributed by atoms with Crippen LogP contribution in [0.5, 0.6) is 0 Å². The van der Waals surface area contributed by atoms with E-state index in [0.29, 0.717) is 19.5 Å². The highest BCUT2D eigenvalue weighted by Gasteiger charge is 2.33. The first-order valence-electron chi connectivity index (χ1n) is 6.70. The van der Waals surface area contributed by atoms with E-state index in [-0.39, 0.29) is 17.9 Å². The second-order valence-corrected chi connectivity index (χ2v) is 5.03. The summed E-state index contributed by atoms with van der Waals surface area (Å²) in [6, 6.07) is -0.386. The summed E-state index contributed by atoms with van der Waals surface area (Å²) in [5, 5.41) is 3.31. The molecule has 0 aliphatic carbocycles. The number of nitrogens with one attached hydrogen (secondary N) is 1. The van der Waals surface area contributed by atoms with Gasteiger partial charge in [-0.2, -0.15) is 0 Å². The maximum atomic E-state index is 12.2. The molecule has 18 heavy (non-hydrogen) atoms.